The average molecular weight is 667 g/mol. The third-order valence-corrected chi connectivity index (χ3v) is 15.4. The van der Waals surface area contributed by atoms with Crippen molar-refractivity contribution < 1.29 is 0 Å². The van der Waals surface area contributed by atoms with E-state index in [1.165, 1.54) is 64.4 Å². The van der Waals surface area contributed by atoms with Crippen molar-refractivity contribution in [3.8, 4) is 11.4 Å². The van der Waals surface area contributed by atoms with Crippen molar-refractivity contribution in [3.05, 3.63) is 206 Å². The summed E-state index contributed by atoms with van der Waals surface area (Å²) in [6, 6.07) is 76.1. The van der Waals surface area contributed by atoms with Crippen LogP contribution in [0.2, 0.25) is 0 Å². The minimum Gasteiger partial charge on any atom is -0.307 e. The third-order valence-electron chi connectivity index (χ3n) is 10.6. The number of para-hydroxylation sites is 3. The van der Waals surface area contributed by atoms with Gasteiger partial charge >= 0.3 is 0 Å². The summed E-state index contributed by atoms with van der Waals surface area (Å²) in [4.78, 5) is 0. The maximum atomic E-state index is 2.53. The first kappa shape index (κ1) is 29.5. The summed E-state index contributed by atoms with van der Waals surface area (Å²) in [7, 11) is -2.73. The van der Waals surface area contributed by atoms with Gasteiger partial charge in [-0.2, -0.15) is 0 Å². The Morgan fingerprint density at radius 1 is 0.275 bits per heavy atom. The molecule has 2 aromatic heterocycles. The van der Waals surface area contributed by atoms with E-state index in [-0.39, 0.29) is 0 Å². The second-order valence-corrected chi connectivity index (χ2v) is 17.1. The monoisotopic (exact) mass is 666 g/mol. The number of rotatable bonds is 6. The largest absolute Gasteiger partial charge is 0.307 e. The molecule has 10 aromatic rings. The third kappa shape index (κ3) is 4.42. The first-order valence-electron chi connectivity index (χ1n) is 17.6. The van der Waals surface area contributed by atoms with Crippen molar-refractivity contribution in [2.75, 3.05) is 0 Å². The van der Waals surface area contributed by atoms with Crippen molar-refractivity contribution in [1.82, 2.24) is 9.13 Å². The van der Waals surface area contributed by atoms with Gasteiger partial charge < -0.3 is 9.13 Å². The predicted octanol–water partition coefficient (Wildman–Crippen LogP) is 9.26. The van der Waals surface area contributed by atoms with Crippen molar-refractivity contribution in [3.63, 3.8) is 0 Å². The van der Waals surface area contributed by atoms with Gasteiger partial charge in [-0.3, -0.25) is 0 Å². The zero-order chi connectivity index (χ0) is 33.8. The number of hydrogen-bond acceptors (Lipinski definition) is 0. The van der Waals surface area contributed by atoms with Gasteiger partial charge in [-0.1, -0.05) is 170 Å². The van der Waals surface area contributed by atoms with E-state index in [9.17, 15) is 0 Å². The lowest BCUT2D eigenvalue weighted by Gasteiger charge is -2.34. The molecule has 2 heterocycles. The average Bonchev–Trinajstić information content (AvgIpc) is 3.73. The maximum Gasteiger partial charge on any atom is 0.179 e. The van der Waals surface area contributed by atoms with Crippen LogP contribution in [0.3, 0.4) is 0 Å². The van der Waals surface area contributed by atoms with Crippen LogP contribution in [0, 0.1) is 0 Å². The topological polar surface area (TPSA) is 9.86 Å². The van der Waals surface area contributed by atoms with Crippen LogP contribution >= 0.6 is 0 Å². The molecule has 0 aliphatic rings. The van der Waals surface area contributed by atoms with Crippen LogP contribution in [0.1, 0.15) is 0 Å². The van der Waals surface area contributed by atoms with Crippen LogP contribution < -0.4 is 20.7 Å². The molecular weight excluding hydrogens is 633 g/mol. The minimum absolute atomic E-state index is 1.15. The predicted molar refractivity (Wildman–Crippen MR) is 219 cm³/mol. The van der Waals surface area contributed by atoms with Gasteiger partial charge in [0.15, 0.2) is 8.07 Å². The zero-order valence-electron chi connectivity index (χ0n) is 28.0. The van der Waals surface area contributed by atoms with E-state index in [4.69, 9.17) is 0 Å². The fourth-order valence-corrected chi connectivity index (χ4v) is 13.3. The molecule has 0 aliphatic heterocycles. The summed E-state index contributed by atoms with van der Waals surface area (Å²) in [5.41, 5.74) is 7.16. The molecule has 0 amide bonds. The lowest BCUT2D eigenvalue weighted by atomic mass is 10.1. The first-order chi connectivity index (χ1) is 25.3. The molecule has 0 saturated carbocycles. The molecule has 51 heavy (non-hydrogen) atoms. The molecule has 0 radical (unpaired) electrons. The first-order valence-corrected chi connectivity index (χ1v) is 19.6. The SMILES string of the molecule is c1ccc(-n2c3ccccc3c3ccc4c5cc([Si](c6ccccc6)(c6ccccc6)c6ccccc6)ccc5n(-c5ccccc5)c4c32)cc1. The molecule has 3 heteroatoms. The summed E-state index contributed by atoms with van der Waals surface area (Å²) < 4.78 is 4.95. The summed E-state index contributed by atoms with van der Waals surface area (Å²) in [6.07, 6.45) is 0. The van der Waals surface area contributed by atoms with Gasteiger partial charge in [0.05, 0.1) is 22.1 Å². The van der Waals surface area contributed by atoms with Crippen molar-refractivity contribution in [2.24, 2.45) is 0 Å². The Morgan fingerprint density at radius 3 is 1.16 bits per heavy atom. The molecule has 0 N–H and O–H groups in total. The molecule has 0 spiro atoms. The number of benzene rings is 8. The molecule has 0 fully saturated rings. The van der Waals surface area contributed by atoms with E-state index < -0.39 is 8.07 Å². The van der Waals surface area contributed by atoms with E-state index in [2.05, 4.69) is 215 Å². The smallest absolute Gasteiger partial charge is 0.179 e. The molecule has 0 unspecified atom stereocenters. The molecular formula is C48H34N2Si. The number of aromatic nitrogens is 2. The molecule has 10 rings (SSSR count). The summed E-state index contributed by atoms with van der Waals surface area (Å²) in [6.45, 7) is 0. The lowest BCUT2D eigenvalue weighted by Crippen LogP contribution is -2.74. The van der Waals surface area contributed by atoms with E-state index in [1.807, 2.05) is 0 Å². The Hall–Kier alpha value is -6.42. The second kappa shape index (κ2) is 11.9. The van der Waals surface area contributed by atoms with Crippen LogP contribution in [0.15, 0.2) is 206 Å². The molecule has 0 saturated heterocycles. The Balaban J connectivity index is 1.39. The summed E-state index contributed by atoms with van der Waals surface area (Å²) in [5.74, 6) is 0. The fourth-order valence-electron chi connectivity index (χ4n) is 8.54. The minimum atomic E-state index is -2.73. The van der Waals surface area contributed by atoms with E-state index in [1.54, 1.807) is 0 Å². The number of fused-ring (bicyclic) bond motifs is 7. The Kier molecular flexibility index (Phi) is 6.86. The molecule has 8 aromatic carbocycles. The van der Waals surface area contributed by atoms with Crippen LogP contribution in [0.4, 0.5) is 0 Å². The van der Waals surface area contributed by atoms with Gasteiger partial charge in [-0.15, -0.1) is 0 Å². The Bertz CT molecular complexity index is 2730. The molecule has 240 valence electrons. The highest BCUT2D eigenvalue weighted by Crippen LogP contribution is 2.41. The van der Waals surface area contributed by atoms with Gasteiger partial charge in [0.2, 0.25) is 0 Å². The van der Waals surface area contributed by atoms with Gasteiger partial charge in [0.25, 0.3) is 0 Å². The number of nitrogens with zero attached hydrogens (tertiary/aromatic N) is 2. The van der Waals surface area contributed by atoms with Crippen LogP contribution in [-0.2, 0) is 0 Å². The molecule has 2 nitrogen and oxygen atoms in total. The molecule has 0 aliphatic carbocycles. The normalized spacial score (nSPS) is 11.9. The van der Waals surface area contributed by atoms with Gasteiger partial charge in [-0.05, 0) is 57.1 Å². The number of hydrogen-bond donors (Lipinski definition) is 0. The summed E-state index contributed by atoms with van der Waals surface area (Å²) >= 11 is 0. The summed E-state index contributed by atoms with van der Waals surface area (Å²) in [5, 5.41) is 10.5. The second-order valence-electron chi connectivity index (χ2n) is 13.3. The Labute approximate surface area is 298 Å². The van der Waals surface area contributed by atoms with Crippen molar-refractivity contribution in [1.29, 1.82) is 0 Å². The maximum absolute atomic E-state index is 2.73. The van der Waals surface area contributed by atoms with Crippen molar-refractivity contribution >= 4 is 72.4 Å². The van der Waals surface area contributed by atoms with Gasteiger partial charge in [-0.25, -0.2) is 0 Å². The highest BCUT2D eigenvalue weighted by Gasteiger charge is 2.41. The molecule has 0 bridgehead atoms. The zero-order valence-corrected chi connectivity index (χ0v) is 29.0. The van der Waals surface area contributed by atoms with Gasteiger partial charge in [0.1, 0.15) is 0 Å². The van der Waals surface area contributed by atoms with Crippen LogP contribution in [0.25, 0.3) is 55.0 Å². The van der Waals surface area contributed by atoms with Crippen LogP contribution in [0.5, 0.6) is 0 Å². The van der Waals surface area contributed by atoms with Crippen LogP contribution in [-0.4, -0.2) is 17.2 Å². The van der Waals surface area contributed by atoms with Crippen molar-refractivity contribution in [2.45, 2.75) is 0 Å². The molecule has 0 atom stereocenters. The highest BCUT2D eigenvalue weighted by atomic mass is 28.3. The highest BCUT2D eigenvalue weighted by molar-refractivity contribution is 7.20. The quantitative estimate of drug-likeness (QED) is 0.124. The van der Waals surface area contributed by atoms with E-state index in [0.29, 0.717) is 0 Å². The van der Waals surface area contributed by atoms with E-state index in [0.717, 1.165) is 11.4 Å². The van der Waals surface area contributed by atoms with E-state index >= 15 is 0 Å². The standard InChI is InChI=1S/C48H34N2Si/c1-6-18-35(19-7-1)49-45-29-17-16-28-41(45)42-31-32-43-44-34-40(30-33-46(44)50(48(43)47(42)49)36-20-8-2-9-21-36)51(37-22-10-3-11-23-37,38-24-12-4-13-25-38)39-26-14-5-15-27-39/h1-34H. The fraction of sp³-hybridized carbons (Fsp3) is 0. The lowest BCUT2D eigenvalue weighted by molar-refractivity contribution is 1.15. The Morgan fingerprint density at radius 2 is 0.667 bits per heavy atom. The van der Waals surface area contributed by atoms with Gasteiger partial charge in [0, 0.05) is 32.9 Å².